The van der Waals surface area contributed by atoms with E-state index in [-0.39, 0.29) is 11.7 Å². The summed E-state index contributed by atoms with van der Waals surface area (Å²) >= 11 is 0. The van der Waals surface area contributed by atoms with Crippen LogP contribution in [0, 0.1) is 0 Å². The summed E-state index contributed by atoms with van der Waals surface area (Å²) in [6, 6.07) is 4.65. The molecule has 4 rings (SSSR count). The third-order valence-electron chi connectivity index (χ3n) is 5.14. The first-order chi connectivity index (χ1) is 13.9. The zero-order chi connectivity index (χ0) is 20.5. The maximum Gasteiger partial charge on any atom is 0.282 e. The van der Waals surface area contributed by atoms with Gasteiger partial charge >= 0.3 is 0 Å². The van der Waals surface area contributed by atoms with Gasteiger partial charge in [0.2, 0.25) is 0 Å². The van der Waals surface area contributed by atoms with Crippen LogP contribution in [-0.2, 0) is 0 Å². The Hall–Kier alpha value is -2.76. The first-order valence-electron chi connectivity index (χ1n) is 9.26. The monoisotopic (exact) mass is 404 g/mol. The van der Waals surface area contributed by atoms with Crippen molar-refractivity contribution in [1.29, 1.82) is 0 Å². The molecule has 0 bridgehead atoms. The Morgan fingerprint density at radius 2 is 2.07 bits per heavy atom. The minimum atomic E-state index is -2.67. The number of rotatable bonds is 5. The molecule has 11 heteroatoms. The van der Waals surface area contributed by atoms with Crippen LogP contribution in [0.1, 0.15) is 18.5 Å². The average Bonchev–Trinajstić information content (AvgIpc) is 3.12. The third kappa shape index (κ3) is 4.02. The average molecular weight is 404 g/mol. The number of anilines is 1. The van der Waals surface area contributed by atoms with Crippen LogP contribution in [0.2, 0.25) is 0 Å². The molecule has 1 aliphatic heterocycles. The van der Waals surface area contributed by atoms with Gasteiger partial charge in [0, 0.05) is 38.2 Å². The van der Waals surface area contributed by atoms with E-state index in [1.54, 1.807) is 12.3 Å². The molecule has 29 heavy (non-hydrogen) atoms. The highest BCUT2D eigenvalue weighted by molar-refractivity contribution is 5.62. The van der Waals surface area contributed by atoms with E-state index in [4.69, 9.17) is 5.73 Å². The van der Waals surface area contributed by atoms with Gasteiger partial charge in [-0.2, -0.15) is 5.10 Å². The lowest BCUT2D eigenvalue weighted by atomic mass is 10.1. The van der Waals surface area contributed by atoms with Crippen LogP contribution in [0.3, 0.4) is 0 Å². The van der Waals surface area contributed by atoms with Gasteiger partial charge < -0.3 is 15.7 Å². The lowest BCUT2D eigenvalue weighted by Gasteiger charge is -2.40. The van der Waals surface area contributed by atoms with Crippen LogP contribution in [0.25, 0.3) is 17.0 Å². The van der Waals surface area contributed by atoms with Crippen LogP contribution in [0.5, 0.6) is 0 Å². The number of halogens is 2. The minimum Gasteiger partial charge on any atom is -0.379 e. The number of likely N-dealkylation sites (N-methyl/N-ethyl adjacent to an activating group) is 1. The summed E-state index contributed by atoms with van der Waals surface area (Å²) < 4.78 is 27.4. The van der Waals surface area contributed by atoms with Crippen molar-refractivity contribution in [3.05, 3.63) is 36.4 Å². The molecule has 4 heterocycles. The molecule has 154 valence electrons. The van der Waals surface area contributed by atoms with Crippen LogP contribution >= 0.6 is 0 Å². The fraction of sp³-hybridized carbons (Fsp3) is 0.444. The molecule has 9 nitrogen and oxygen atoms in total. The number of hydrogen-bond acceptors (Lipinski definition) is 8. The third-order valence-corrected chi connectivity index (χ3v) is 5.14. The van der Waals surface area contributed by atoms with Crippen LogP contribution < -0.4 is 10.6 Å². The Labute approximate surface area is 165 Å². The van der Waals surface area contributed by atoms with E-state index in [2.05, 4.69) is 29.9 Å². The zero-order valence-electron chi connectivity index (χ0n) is 15.9. The smallest absolute Gasteiger partial charge is 0.282 e. The number of alkyl halides is 2. The van der Waals surface area contributed by atoms with E-state index in [9.17, 15) is 13.9 Å². The van der Waals surface area contributed by atoms with E-state index in [1.165, 1.54) is 23.0 Å². The number of nitrogens with zero attached hydrogens (tertiary/aromatic N) is 7. The second-order valence-electron chi connectivity index (χ2n) is 7.12. The highest BCUT2D eigenvalue weighted by atomic mass is 19.3. The second kappa shape index (κ2) is 7.93. The van der Waals surface area contributed by atoms with Crippen molar-refractivity contribution < 1.29 is 13.9 Å². The second-order valence-corrected chi connectivity index (χ2v) is 7.12. The molecule has 0 aromatic carbocycles. The van der Waals surface area contributed by atoms with Crippen molar-refractivity contribution >= 4 is 11.5 Å². The van der Waals surface area contributed by atoms with Crippen molar-refractivity contribution in [2.45, 2.75) is 25.1 Å². The molecule has 2 unspecified atom stereocenters. The zero-order valence-corrected chi connectivity index (χ0v) is 15.9. The van der Waals surface area contributed by atoms with Gasteiger partial charge in [0.05, 0.1) is 11.9 Å². The van der Waals surface area contributed by atoms with Gasteiger partial charge in [0.15, 0.2) is 5.65 Å². The van der Waals surface area contributed by atoms with Crippen molar-refractivity contribution in [2.24, 2.45) is 5.73 Å². The number of imidazole rings is 1. The fourth-order valence-electron chi connectivity index (χ4n) is 3.53. The predicted molar refractivity (Wildman–Crippen MR) is 102 cm³/mol. The molecular weight excluding hydrogens is 382 g/mol. The van der Waals surface area contributed by atoms with Gasteiger partial charge in [-0.15, -0.1) is 0 Å². The molecule has 3 N–H and O–H groups in total. The van der Waals surface area contributed by atoms with E-state index >= 15 is 0 Å². The predicted octanol–water partition coefficient (Wildman–Crippen LogP) is 0.911. The SMILES string of the molecule is CN1CCN(c2cc(-c3cnc4ccc(C(F)F)nn34)ncn2)CC1CC(N)O. The number of piperazine rings is 1. The Balaban J connectivity index is 1.64. The number of nitrogens with two attached hydrogens (primary N) is 1. The van der Waals surface area contributed by atoms with Gasteiger partial charge in [-0.05, 0) is 19.2 Å². The molecule has 1 saturated heterocycles. The molecular formula is C18H22F2N8O. The molecule has 2 atom stereocenters. The number of aromatic nitrogens is 5. The molecule has 1 aliphatic rings. The maximum absolute atomic E-state index is 13.0. The Morgan fingerprint density at radius 1 is 1.24 bits per heavy atom. The lowest BCUT2D eigenvalue weighted by Crippen LogP contribution is -2.53. The Kier molecular flexibility index (Phi) is 5.35. The summed E-state index contributed by atoms with van der Waals surface area (Å²) in [6.07, 6.45) is -0.0984. The number of fused-ring (bicyclic) bond motifs is 1. The van der Waals surface area contributed by atoms with Gasteiger partial charge in [0.1, 0.15) is 29.8 Å². The highest BCUT2D eigenvalue weighted by Gasteiger charge is 2.26. The van der Waals surface area contributed by atoms with Gasteiger partial charge in [-0.3, -0.25) is 4.90 Å². The minimum absolute atomic E-state index is 0.0910. The van der Waals surface area contributed by atoms with Crippen molar-refractivity contribution in [2.75, 3.05) is 31.6 Å². The van der Waals surface area contributed by atoms with Gasteiger partial charge in [-0.25, -0.2) is 28.2 Å². The Morgan fingerprint density at radius 3 is 2.83 bits per heavy atom. The number of aliphatic hydroxyl groups excluding tert-OH is 1. The molecule has 0 aliphatic carbocycles. The van der Waals surface area contributed by atoms with Crippen molar-refractivity contribution in [3.63, 3.8) is 0 Å². The first-order valence-corrected chi connectivity index (χ1v) is 9.26. The quantitative estimate of drug-likeness (QED) is 0.604. The van der Waals surface area contributed by atoms with Crippen LogP contribution in [0.4, 0.5) is 14.6 Å². The normalized spacial score (nSPS) is 19.2. The largest absolute Gasteiger partial charge is 0.379 e. The molecule has 0 amide bonds. The van der Waals surface area contributed by atoms with Crippen molar-refractivity contribution in [1.82, 2.24) is 29.5 Å². The molecule has 3 aromatic heterocycles. The fourth-order valence-corrected chi connectivity index (χ4v) is 3.53. The summed E-state index contributed by atoms with van der Waals surface area (Å²) in [5, 5.41) is 13.5. The summed E-state index contributed by atoms with van der Waals surface area (Å²) in [7, 11) is 2.00. The molecule has 3 aromatic rings. The number of hydrogen-bond donors (Lipinski definition) is 2. The molecule has 0 radical (unpaired) electrons. The van der Waals surface area contributed by atoms with E-state index < -0.39 is 12.7 Å². The summed E-state index contributed by atoms with van der Waals surface area (Å²) in [4.78, 5) is 17.1. The highest BCUT2D eigenvalue weighted by Crippen LogP contribution is 2.25. The van der Waals surface area contributed by atoms with Gasteiger partial charge in [-0.1, -0.05) is 0 Å². The maximum atomic E-state index is 13.0. The first kappa shape index (κ1) is 19.6. The van der Waals surface area contributed by atoms with Gasteiger partial charge in [0.25, 0.3) is 6.43 Å². The lowest BCUT2D eigenvalue weighted by molar-refractivity contribution is 0.112. The standard InChI is InChI=1S/C18H22F2N8O/c1-26-4-5-27(9-11(26)6-15(21)29)17-7-13(23-10-24-17)14-8-22-16-3-2-12(18(19)20)25-28(14)16/h2-3,7-8,10-11,15,18,29H,4-6,9,21H2,1H3. The van der Waals surface area contributed by atoms with E-state index in [0.29, 0.717) is 35.8 Å². The molecule has 0 spiro atoms. The van der Waals surface area contributed by atoms with Crippen LogP contribution in [-0.4, -0.2) is 73.5 Å². The molecule has 1 fully saturated rings. The van der Waals surface area contributed by atoms with Crippen LogP contribution in [0.15, 0.2) is 30.7 Å². The molecule has 0 saturated carbocycles. The summed E-state index contributed by atoms with van der Waals surface area (Å²) in [5.74, 6) is 0.708. The topological polar surface area (TPSA) is 109 Å². The Bertz CT molecular complexity index is 995. The van der Waals surface area contributed by atoms with E-state index in [1.807, 2.05) is 7.05 Å². The number of aliphatic hydroxyl groups is 1. The van der Waals surface area contributed by atoms with Crippen molar-refractivity contribution in [3.8, 4) is 11.4 Å². The summed E-state index contributed by atoms with van der Waals surface area (Å²) in [6.45, 7) is 2.21. The summed E-state index contributed by atoms with van der Waals surface area (Å²) in [5.41, 5.74) is 6.74. The van der Waals surface area contributed by atoms with E-state index in [0.717, 1.165) is 13.1 Å².